The number of methoxy groups -OCH3 is 1. The second kappa shape index (κ2) is 8.14. The quantitative estimate of drug-likeness (QED) is 0.640. The highest BCUT2D eigenvalue weighted by Crippen LogP contribution is 2.21. The number of benzene rings is 2. The third kappa shape index (κ3) is 4.70. The average Bonchev–Trinajstić information content (AvgIpc) is 2.68. The van der Waals surface area contributed by atoms with Crippen LogP contribution >= 0.6 is 0 Å². The van der Waals surface area contributed by atoms with Gasteiger partial charge in [0.05, 0.1) is 7.11 Å². The van der Waals surface area contributed by atoms with Crippen LogP contribution in [-0.2, 0) is 0 Å². The third-order valence-electron chi connectivity index (χ3n) is 3.88. The maximum Gasteiger partial charge on any atom is 0.274 e. The molecule has 0 saturated carbocycles. The van der Waals surface area contributed by atoms with E-state index in [1.165, 1.54) is 6.92 Å². The van der Waals surface area contributed by atoms with Gasteiger partial charge in [-0.25, -0.2) is 0 Å². The number of ketones is 1. The first kappa shape index (κ1) is 18.1. The summed E-state index contributed by atoms with van der Waals surface area (Å²) in [5, 5.41) is 5.98. The smallest absolute Gasteiger partial charge is 0.274 e. The molecule has 27 heavy (non-hydrogen) atoms. The van der Waals surface area contributed by atoms with Gasteiger partial charge in [-0.05, 0) is 43.3 Å². The van der Waals surface area contributed by atoms with Gasteiger partial charge in [-0.15, -0.1) is 0 Å². The molecule has 0 unspecified atom stereocenters. The zero-order valence-electron chi connectivity index (χ0n) is 15.0. The van der Waals surface area contributed by atoms with Gasteiger partial charge in [0, 0.05) is 34.9 Å². The van der Waals surface area contributed by atoms with Gasteiger partial charge in [-0.3, -0.25) is 14.6 Å². The lowest BCUT2D eigenvalue weighted by atomic mass is 10.1. The van der Waals surface area contributed by atoms with Crippen molar-refractivity contribution in [3.05, 3.63) is 78.1 Å². The van der Waals surface area contributed by atoms with E-state index in [-0.39, 0.29) is 17.4 Å². The van der Waals surface area contributed by atoms with Gasteiger partial charge in [0.15, 0.2) is 5.78 Å². The summed E-state index contributed by atoms with van der Waals surface area (Å²) in [5.74, 6) is 0.316. The molecule has 3 aromatic rings. The van der Waals surface area contributed by atoms with Crippen LogP contribution in [0.2, 0.25) is 0 Å². The van der Waals surface area contributed by atoms with Crippen LogP contribution in [0, 0.1) is 0 Å². The number of nitrogens with zero attached hydrogens (tertiary/aromatic N) is 1. The Morgan fingerprint density at radius 2 is 1.67 bits per heavy atom. The van der Waals surface area contributed by atoms with E-state index in [0.717, 1.165) is 17.1 Å². The Balaban J connectivity index is 1.75. The number of aromatic nitrogens is 1. The fourth-order valence-corrected chi connectivity index (χ4v) is 2.51. The third-order valence-corrected chi connectivity index (χ3v) is 3.88. The highest BCUT2D eigenvalue weighted by molar-refractivity contribution is 6.04. The number of hydrogen-bond acceptors (Lipinski definition) is 5. The van der Waals surface area contributed by atoms with Gasteiger partial charge in [-0.1, -0.05) is 18.2 Å². The monoisotopic (exact) mass is 361 g/mol. The van der Waals surface area contributed by atoms with Crippen LogP contribution in [0.3, 0.4) is 0 Å². The molecule has 0 spiro atoms. The predicted molar refractivity (Wildman–Crippen MR) is 105 cm³/mol. The van der Waals surface area contributed by atoms with Crippen LogP contribution < -0.4 is 15.4 Å². The summed E-state index contributed by atoms with van der Waals surface area (Å²) in [6.45, 7) is 1.48. The van der Waals surface area contributed by atoms with Crippen molar-refractivity contribution in [2.45, 2.75) is 6.92 Å². The van der Waals surface area contributed by atoms with Crippen LogP contribution in [0.4, 0.5) is 17.1 Å². The Morgan fingerprint density at radius 1 is 0.926 bits per heavy atom. The van der Waals surface area contributed by atoms with Crippen LogP contribution in [0.15, 0.2) is 66.9 Å². The maximum absolute atomic E-state index is 12.5. The maximum atomic E-state index is 12.5. The molecule has 2 N–H and O–H groups in total. The highest BCUT2D eigenvalue weighted by atomic mass is 16.5. The second-order valence-corrected chi connectivity index (χ2v) is 5.88. The van der Waals surface area contributed by atoms with E-state index in [4.69, 9.17) is 4.74 Å². The molecule has 6 nitrogen and oxygen atoms in total. The number of rotatable bonds is 6. The molecule has 0 fully saturated rings. The summed E-state index contributed by atoms with van der Waals surface area (Å²) in [4.78, 5) is 28.1. The Bertz CT molecular complexity index is 986. The Morgan fingerprint density at radius 3 is 2.44 bits per heavy atom. The van der Waals surface area contributed by atoms with E-state index in [1.807, 2.05) is 24.3 Å². The first-order valence-electron chi connectivity index (χ1n) is 8.34. The molecule has 1 aromatic heterocycles. The van der Waals surface area contributed by atoms with Crippen LogP contribution in [0.5, 0.6) is 5.75 Å². The van der Waals surface area contributed by atoms with Crippen molar-refractivity contribution in [3.8, 4) is 5.75 Å². The summed E-state index contributed by atoms with van der Waals surface area (Å²) in [6, 6.07) is 17.7. The number of Topliss-reactive ketones (excluding diaryl/α,β-unsaturated/α-hetero) is 1. The minimum Gasteiger partial charge on any atom is -0.497 e. The van der Waals surface area contributed by atoms with Gasteiger partial charge >= 0.3 is 0 Å². The molecule has 136 valence electrons. The van der Waals surface area contributed by atoms with E-state index in [1.54, 1.807) is 49.7 Å². The molecule has 0 aliphatic heterocycles. The van der Waals surface area contributed by atoms with Crippen molar-refractivity contribution in [1.82, 2.24) is 4.98 Å². The second-order valence-electron chi connectivity index (χ2n) is 5.88. The standard InChI is InChI=1S/C21H19N3O3/c1-14(25)15-5-3-6-16(11-15)24-21(26)20-13-18(9-10-22-20)23-17-7-4-8-19(12-17)27-2/h3-13H,1-2H3,(H,22,23)(H,24,26). The van der Waals surface area contributed by atoms with Crippen molar-refractivity contribution >= 4 is 28.8 Å². The average molecular weight is 361 g/mol. The number of carbonyl (C=O) groups excluding carboxylic acids is 2. The number of amides is 1. The summed E-state index contributed by atoms with van der Waals surface area (Å²) >= 11 is 0. The van der Waals surface area contributed by atoms with Crippen LogP contribution in [-0.4, -0.2) is 23.8 Å². The van der Waals surface area contributed by atoms with E-state index < -0.39 is 0 Å². The number of nitrogens with one attached hydrogen (secondary N) is 2. The molecule has 1 heterocycles. The van der Waals surface area contributed by atoms with Crippen molar-refractivity contribution in [2.24, 2.45) is 0 Å². The lowest BCUT2D eigenvalue weighted by Crippen LogP contribution is -2.14. The first-order chi connectivity index (χ1) is 13.0. The fourth-order valence-electron chi connectivity index (χ4n) is 2.51. The SMILES string of the molecule is COc1cccc(Nc2ccnc(C(=O)Nc3cccc(C(C)=O)c3)c2)c1. The summed E-state index contributed by atoms with van der Waals surface area (Å²) < 4.78 is 5.21. The van der Waals surface area contributed by atoms with Gasteiger partial charge in [0.2, 0.25) is 0 Å². The fraction of sp³-hybridized carbons (Fsp3) is 0.0952. The normalized spacial score (nSPS) is 10.1. The van der Waals surface area contributed by atoms with Gasteiger partial charge in [0.1, 0.15) is 11.4 Å². The Labute approximate surface area is 157 Å². The molecule has 2 aromatic carbocycles. The van der Waals surface area contributed by atoms with Crippen LogP contribution in [0.1, 0.15) is 27.8 Å². The zero-order chi connectivity index (χ0) is 19.2. The molecule has 0 atom stereocenters. The minimum atomic E-state index is -0.356. The molecular weight excluding hydrogens is 342 g/mol. The van der Waals surface area contributed by atoms with Crippen molar-refractivity contribution < 1.29 is 14.3 Å². The summed E-state index contributed by atoms with van der Waals surface area (Å²) in [7, 11) is 1.61. The number of carbonyl (C=O) groups is 2. The van der Waals surface area contributed by atoms with Crippen molar-refractivity contribution in [2.75, 3.05) is 17.7 Å². The van der Waals surface area contributed by atoms with Gasteiger partial charge in [-0.2, -0.15) is 0 Å². The first-order valence-corrected chi connectivity index (χ1v) is 8.34. The largest absolute Gasteiger partial charge is 0.497 e. The molecular formula is C21H19N3O3. The molecule has 0 bridgehead atoms. The predicted octanol–water partition coefficient (Wildman–Crippen LogP) is 4.29. The van der Waals surface area contributed by atoms with E-state index in [9.17, 15) is 9.59 Å². The molecule has 0 aliphatic rings. The Hall–Kier alpha value is -3.67. The molecule has 1 amide bonds. The van der Waals surface area contributed by atoms with Gasteiger partial charge in [0.25, 0.3) is 5.91 Å². The highest BCUT2D eigenvalue weighted by Gasteiger charge is 2.10. The summed E-state index contributed by atoms with van der Waals surface area (Å²) in [5.41, 5.74) is 2.90. The zero-order valence-corrected chi connectivity index (χ0v) is 15.0. The van der Waals surface area contributed by atoms with Crippen molar-refractivity contribution in [3.63, 3.8) is 0 Å². The molecule has 3 rings (SSSR count). The van der Waals surface area contributed by atoms with E-state index in [2.05, 4.69) is 15.6 Å². The topological polar surface area (TPSA) is 80.3 Å². The molecule has 0 aliphatic carbocycles. The van der Waals surface area contributed by atoms with Gasteiger partial charge < -0.3 is 15.4 Å². The number of pyridine rings is 1. The molecule has 6 heteroatoms. The van der Waals surface area contributed by atoms with Crippen molar-refractivity contribution in [1.29, 1.82) is 0 Å². The number of anilines is 3. The lowest BCUT2D eigenvalue weighted by Gasteiger charge is -2.10. The van der Waals surface area contributed by atoms with E-state index in [0.29, 0.717) is 11.3 Å². The van der Waals surface area contributed by atoms with E-state index >= 15 is 0 Å². The number of hydrogen-bond donors (Lipinski definition) is 2. The number of ether oxygens (including phenoxy) is 1. The molecule has 0 radical (unpaired) electrons. The van der Waals surface area contributed by atoms with Crippen LogP contribution in [0.25, 0.3) is 0 Å². The minimum absolute atomic E-state index is 0.0614. The molecule has 0 saturated heterocycles. The lowest BCUT2D eigenvalue weighted by molar-refractivity contribution is 0.100. The Kier molecular flexibility index (Phi) is 5.47. The summed E-state index contributed by atoms with van der Waals surface area (Å²) in [6.07, 6.45) is 1.56.